The molecule has 0 fully saturated rings. The Morgan fingerprint density at radius 1 is 1.12 bits per heavy atom. The summed E-state index contributed by atoms with van der Waals surface area (Å²) in [5, 5.41) is 5.22. The van der Waals surface area contributed by atoms with Crippen molar-refractivity contribution in [1.29, 1.82) is 0 Å². The van der Waals surface area contributed by atoms with Crippen molar-refractivity contribution in [3.63, 3.8) is 0 Å². The fourth-order valence-corrected chi connectivity index (χ4v) is 4.12. The number of carbonyl (C=O) groups excluding carboxylic acids is 1. The molecule has 6 nitrogen and oxygen atoms in total. The van der Waals surface area contributed by atoms with Gasteiger partial charge in [0.15, 0.2) is 5.65 Å². The Hall–Kier alpha value is -3.38. The number of hydrogen-bond donors (Lipinski definition) is 0. The van der Waals surface area contributed by atoms with E-state index < -0.39 is 12.1 Å². The summed E-state index contributed by atoms with van der Waals surface area (Å²) >= 11 is 6.09. The molecule has 0 spiro atoms. The molecule has 2 aromatic carbocycles. The molecule has 1 unspecified atom stereocenters. The number of fused-ring (bicyclic) bond motifs is 1. The third-order valence-corrected chi connectivity index (χ3v) is 5.75. The zero-order valence-electron chi connectivity index (χ0n) is 19.1. The number of aryl methyl sites for hydroxylation is 3. The van der Waals surface area contributed by atoms with Gasteiger partial charge >= 0.3 is 5.97 Å². The predicted octanol–water partition coefficient (Wildman–Crippen LogP) is 5.45. The molecule has 0 saturated heterocycles. The minimum atomic E-state index is -0.903. The van der Waals surface area contributed by atoms with Crippen LogP contribution in [0.4, 0.5) is 0 Å². The van der Waals surface area contributed by atoms with Gasteiger partial charge < -0.3 is 9.47 Å². The highest BCUT2D eigenvalue weighted by Gasteiger charge is 2.24. The quantitative estimate of drug-likeness (QED) is 0.341. The van der Waals surface area contributed by atoms with Crippen molar-refractivity contribution in [2.24, 2.45) is 0 Å². The highest BCUT2D eigenvalue weighted by atomic mass is 35.5. The summed E-state index contributed by atoms with van der Waals surface area (Å²) < 4.78 is 12.9. The second kappa shape index (κ2) is 9.63. The minimum absolute atomic E-state index is 0.489. The third kappa shape index (κ3) is 4.86. The number of aromatic nitrogens is 3. The Balaban J connectivity index is 1.59. The summed E-state index contributed by atoms with van der Waals surface area (Å²) in [6.07, 6.45) is 0.619. The Morgan fingerprint density at radius 3 is 2.55 bits per heavy atom. The van der Waals surface area contributed by atoms with Gasteiger partial charge in [-0.25, -0.2) is 14.3 Å². The summed E-state index contributed by atoms with van der Waals surface area (Å²) in [5.41, 5.74) is 6.82. The molecule has 4 rings (SSSR count). The molecule has 0 aliphatic carbocycles. The summed E-state index contributed by atoms with van der Waals surface area (Å²) in [7, 11) is 1.34. The van der Waals surface area contributed by atoms with Crippen LogP contribution in [0.25, 0.3) is 5.65 Å². The first-order chi connectivity index (χ1) is 15.9. The number of rotatable bonds is 7. The molecule has 2 aromatic heterocycles. The maximum Gasteiger partial charge on any atom is 0.351 e. The first-order valence-corrected chi connectivity index (χ1v) is 11.2. The molecule has 0 N–H and O–H groups in total. The normalized spacial score (nSPS) is 12.0. The molecule has 0 radical (unpaired) electrons. The molecule has 0 amide bonds. The van der Waals surface area contributed by atoms with Crippen LogP contribution in [-0.4, -0.2) is 27.7 Å². The van der Waals surface area contributed by atoms with E-state index in [1.54, 1.807) is 24.3 Å². The van der Waals surface area contributed by atoms with Crippen molar-refractivity contribution >= 4 is 23.2 Å². The number of benzene rings is 2. The maximum atomic E-state index is 12.3. The van der Waals surface area contributed by atoms with E-state index in [0.29, 0.717) is 22.8 Å². The van der Waals surface area contributed by atoms with Crippen LogP contribution in [0.3, 0.4) is 0 Å². The first kappa shape index (κ1) is 22.8. The monoisotopic (exact) mass is 463 g/mol. The average Bonchev–Trinajstić information content (AvgIpc) is 3.15. The minimum Gasteiger partial charge on any atom is -0.474 e. The van der Waals surface area contributed by atoms with Gasteiger partial charge in [0.05, 0.1) is 24.2 Å². The van der Waals surface area contributed by atoms with Crippen LogP contribution in [0.1, 0.15) is 46.8 Å². The highest BCUT2D eigenvalue weighted by molar-refractivity contribution is 6.30. The zero-order chi connectivity index (χ0) is 23.5. The van der Waals surface area contributed by atoms with E-state index in [9.17, 15) is 4.79 Å². The van der Waals surface area contributed by atoms with Crippen LogP contribution < -0.4 is 4.74 Å². The van der Waals surface area contributed by atoms with Gasteiger partial charge in [-0.2, -0.15) is 5.10 Å². The van der Waals surface area contributed by atoms with Gasteiger partial charge in [-0.3, -0.25) is 0 Å². The SMILES string of the molecule is CCc1nc2c(C)cc(C)nn2c1Cc1ccc(OC(C(=O)OC)c2cccc(Cl)c2)cc1. The van der Waals surface area contributed by atoms with Crippen LogP contribution in [0.15, 0.2) is 54.6 Å². The zero-order valence-corrected chi connectivity index (χ0v) is 19.9. The van der Waals surface area contributed by atoms with Gasteiger partial charge in [-0.15, -0.1) is 0 Å². The lowest BCUT2D eigenvalue weighted by Crippen LogP contribution is -2.20. The number of ether oxygens (including phenoxy) is 2. The van der Waals surface area contributed by atoms with Gasteiger partial charge in [0, 0.05) is 17.0 Å². The molecular weight excluding hydrogens is 438 g/mol. The maximum absolute atomic E-state index is 12.3. The standard InChI is InChI=1S/C26H26ClN3O3/c1-5-22-23(30-25(28-22)16(2)13-17(3)29-30)14-18-9-11-21(12-10-18)33-24(26(31)32-4)19-7-6-8-20(27)15-19/h6-13,15,24H,5,14H2,1-4H3. The molecule has 7 heteroatoms. The van der Waals surface area contributed by atoms with Gasteiger partial charge in [0.2, 0.25) is 6.10 Å². The molecule has 33 heavy (non-hydrogen) atoms. The van der Waals surface area contributed by atoms with Gasteiger partial charge in [0.25, 0.3) is 0 Å². The highest BCUT2D eigenvalue weighted by Crippen LogP contribution is 2.27. The van der Waals surface area contributed by atoms with Crippen molar-refractivity contribution in [1.82, 2.24) is 14.6 Å². The smallest absolute Gasteiger partial charge is 0.351 e. The van der Waals surface area contributed by atoms with E-state index >= 15 is 0 Å². The van der Waals surface area contributed by atoms with Crippen molar-refractivity contribution in [3.8, 4) is 5.75 Å². The van der Waals surface area contributed by atoms with Crippen molar-refractivity contribution < 1.29 is 14.3 Å². The van der Waals surface area contributed by atoms with E-state index in [0.717, 1.165) is 40.3 Å². The topological polar surface area (TPSA) is 65.7 Å². The van der Waals surface area contributed by atoms with E-state index in [1.165, 1.54) is 7.11 Å². The van der Waals surface area contributed by atoms with Crippen LogP contribution >= 0.6 is 11.6 Å². The number of imidazole rings is 1. The molecule has 170 valence electrons. The number of carbonyl (C=O) groups is 1. The molecule has 0 saturated carbocycles. The van der Waals surface area contributed by atoms with Gasteiger partial charge in [-0.1, -0.05) is 42.8 Å². The summed E-state index contributed by atoms with van der Waals surface area (Å²) in [5.74, 6) is 0.0734. The first-order valence-electron chi connectivity index (χ1n) is 10.8. The van der Waals surface area contributed by atoms with E-state index in [1.807, 2.05) is 35.7 Å². The molecule has 1 atom stereocenters. The second-order valence-electron chi connectivity index (χ2n) is 7.96. The van der Waals surface area contributed by atoms with Crippen molar-refractivity contribution in [2.45, 2.75) is 39.7 Å². The number of nitrogens with zero attached hydrogens (tertiary/aromatic N) is 3. The van der Waals surface area contributed by atoms with Crippen LogP contribution in [0.2, 0.25) is 5.02 Å². The second-order valence-corrected chi connectivity index (χ2v) is 8.40. The molecular formula is C26H26ClN3O3. The van der Waals surface area contributed by atoms with Crippen molar-refractivity contribution in [3.05, 3.63) is 93.4 Å². The van der Waals surface area contributed by atoms with Crippen molar-refractivity contribution in [2.75, 3.05) is 7.11 Å². The average molecular weight is 464 g/mol. The van der Waals surface area contributed by atoms with Crippen LogP contribution in [-0.2, 0) is 22.4 Å². The van der Waals surface area contributed by atoms with Gasteiger partial charge in [-0.05, 0) is 61.7 Å². The fourth-order valence-electron chi connectivity index (χ4n) is 3.92. The largest absolute Gasteiger partial charge is 0.474 e. The summed E-state index contributed by atoms with van der Waals surface area (Å²) in [4.78, 5) is 17.2. The van der Waals surface area contributed by atoms with Gasteiger partial charge in [0.1, 0.15) is 5.75 Å². The van der Waals surface area contributed by atoms with E-state index in [4.69, 9.17) is 31.2 Å². The van der Waals surface area contributed by atoms with Crippen LogP contribution in [0.5, 0.6) is 5.75 Å². The predicted molar refractivity (Wildman–Crippen MR) is 128 cm³/mol. The lowest BCUT2D eigenvalue weighted by atomic mass is 10.1. The number of esters is 1. The lowest BCUT2D eigenvalue weighted by Gasteiger charge is -2.18. The molecule has 0 aliphatic rings. The Labute approximate surface area is 198 Å². The fraction of sp³-hybridized carbons (Fsp3) is 0.269. The molecule has 2 heterocycles. The lowest BCUT2D eigenvalue weighted by molar-refractivity contribution is -0.149. The molecule has 0 bridgehead atoms. The summed E-state index contributed by atoms with van der Waals surface area (Å²) in [6, 6.07) is 16.8. The Kier molecular flexibility index (Phi) is 6.65. The number of methoxy groups -OCH3 is 1. The van der Waals surface area contributed by atoms with E-state index in [2.05, 4.69) is 19.9 Å². The number of hydrogen-bond acceptors (Lipinski definition) is 5. The van der Waals surface area contributed by atoms with Crippen LogP contribution in [0, 0.1) is 13.8 Å². The Bertz CT molecular complexity index is 1300. The third-order valence-electron chi connectivity index (χ3n) is 5.52. The Morgan fingerprint density at radius 2 is 1.88 bits per heavy atom. The molecule has 4 aromatic rings. The number of halogens is 1. The summed E-state index contributed by atoms with van der Waals surface area (Å²) in [6.45, 7) is 6.16. The van der Waals surface area contributed by atoms with E-state index in [-0.39, 0.29) is 0 Å². The molecule has 0 aliphatic heterocycles.